The van der Waals surface area contributed by atoms with Gasteiger partial charge in [-0.05, 0) is 6.07 Å². The van der Waals surface area contributed by atoms with Crippen LogP contribution in [0.1, 0.15) is 12.6 Å². The fourth-order valence-electron chi connectivity index (χ4n) is 2.14. The molecule has 0 aliphatic carbocycles. The second-order valence-corrected chi connectivity index (χ2v) is 9.65. The Bertz CT molecular complexity index is 925. The van der Waals surface area contributed by atoms with Gasteiger partial charge < -0.3 is 35.2 Å². The van der Waals surface area contributed by atoms with Crippen molar-refractivity contribution in [2.24, 2.45) is 0 Å². The molecule has 5 N–H and O–H groups in total. The van der Waals surface area contributed by atoms with Crippen molar-refractivity contribution in [3.8, 4) is 0 Å². The Balaban J connectivity index is 0.00000420. The predicted octanol–water partition coefficient (Wildman–Crippen LogP) is -8.44. The van der Waals surface area contributed by atoms with Gasteiger partial charge in [0.2, 0.25) is 0 Å². The summed E-state index contributed by atoms with van der Waals surface area (Å²) in [6, 6.07) is 1.29. The monoisotopic (exact) mass is 491 g/mol. The summed E-state index contributed by atoms with van der Waals surface area (Å²) in [5.74, 6) is -0.0483. The zero-order valence-corrected chi connectivity index (χ0v) is 18.2. The van der Waals surface area contributed by atoms with Crippen molar-refractivity contribution < 1.29 is 94.0 Å². The maximum absolute atomic E-state index is 11.8. The third-order valence-corrected chi connectivity index (χ3v) is 6.90. The molecule has 21 heteroatoms. The van der Waals surface area contributed by atoms with Gasteiger partial charge in [0.1, 0.15) is 18.1 Å². The molecule has 0 radical (unpaired) electrons. The number of aliphatic hydroxyl groups is 1. The van der Waals surface area contributed by atoms with Crippen LogP contribution in [0.3, 0.4) is 0 Å². The second kappa shape index (κ2) is 11.4. The number of hydrogen-bond donors (Lipinski definition) is 4. The van der Waals surface area contributed by atoms with Gasteiger partial charge in [-0.1, -0.05) is 0 Å². The van der Waals surface area contributed by atoms with Crippen LogP contribution < -0.4 is 58.9 Å². The van der Waals surface area contributed by atoms with Crippen LogP contribution in [-0.2, 0) is 31.6 Å². The summed E-state index contributed by atoms with van der Waals surface area (Å²) in [4.78, 5) is 54.3. The van der Waals surface area contributed by atoms with Gasteiger partial charge in [0, 0.05) is 12.6 Å². The third kappa shape index (κ3) is 9.37. The molecule has 1 aromatic rings. The molecule has 0 spiro atoms. The molecule has 6 atom stereocenters. The molecule has 0 amide bonds. The first-order chi connectivity index (χ1) is 12.7. The summed E-state index contributed by atoms with van der Waals surface area (Å²) in [6.45, 7) is -0.892. The number of aromatic nitrogens is 2. The van der Waals surface area contributed by atoms with E-state index in [2.05, 4.69) is 18.1 Å². The van der Waals surface area contributed by atoms with Gasteiger partial charge in [0.25, 0.3) is 15.6 Å². The number of nitrogen functional groups attached to an aromatic ring is 1. The number of hydrogen-bond acceptors (Lipinski definition) is 13. The Labute approximate surface area is 192 Å². The van der Waals surface area contributed by atoms with Crippen molar-refractivity contribution in [1.29, 1.82) is 0 Å². The number of nitrogens with zero attached hydrogens (tertiary/aromatic N) is 2. The summed E-state index contributed by atoms with van der Waals surface area (Å²) >= 11 is 0. The molecular weight excluding hydrogens is 477 g/mol. The number of aliphatic hydroxyl groups excluding tert-OH is 1. The summed E-state index contributed by atoms with van der Waals surface area (Å²) in [5.41, 5.74) is 4.56. The van der Waals surface area contributed by atoms with E-state index in [4.69, 9.17) is 15.4 Å². The van der Waals surface area contributed by atoms with E-state index < -0.39 is 54.2 Å². The number of phosphoric ester groups is 1. The third-order valence-electron chi connectivity index (χ3n) is 3.17. The second-order valence-electron chi connectivity index (χ2n) is 5.32. The van der Waals surface area contributed by atoms with Crippen LogP contribution in [0, 0.1) is 0 Å². The summed E-state index contributed by atoms with van der Waals surface area (Å²) < 4.78 is 50.4. The van der Waals surface area contributed by atoms with Crippen molar-refractivity contribution in [2.45, 2.75) is 24.9 Å². The smallest absolute Gasteiger partial charge is 0.756 e. The van der Waals surface area contributed by atoms with Crippen molar-refractivity contribution >= 4 is 29.3 Å². The zero-order chi connectivity index (χ0) is 21.3. The van der Waals surface area contributed by atoms with Crippen LogP contribution in [0.4, 0.5) is 5.82 Å². The molecule has 1 aliphatic heterocycles. The van der Waals surface area contributed by atoms with Gasteiger partial charge in [0.05, 0.1) is 12.7 Å². The molecule has 1 saturated heterocycles. The predicted molar refractivity (Wildman–Crippen MR) is 82.8 cm³/mol. The van der Waals surface area contributed by atoms with Crippen molar-refractivity contribution in [3.05, 3.63) is 22.7 Å². The Hall–Kier alpha value is 0.205. The molecule has 16 nitrogen and oxygen atoms in total. The van der Waals surface area contributed by atoms with Crippen LogP contribution in [0.15, 0.2) is 17.1 Å². The average molecular weight is 491 g/mol. The number of anilines is 1. The standard InChI is InChI=1S/C9H16N3O13P3.2Li/c10-7-1-2-12(9(14)11-7)8-3-5(13)6(23-8)4-22-27(18,19)25-28(20,21)24-26(15,16)17;;/h1-2,5-6,8,13H,3-4H2,(H,18,19)(H,20,21)(H2,10,11,14)(H2,15,16,17);;/q;2*+1/p-2/t5?,6-,8-;;/m1../s1/i1+1,2+1,3+1,4+1,5+1,6+1,7+1,8+1,9+1,10+1,11+1,12+1;;. The maximum atomic E-state index is 11.8. The van der Waals surface area contributed by atoms with Gasteiger partial charge in [-0.2, -0.15) is 4.98 Å². The van der Waals surface area contributed by atoms with Gasteiger partial charge in [-0.15, -0.1) is 0 Å². The minimum Gasteiger partial charge on any atom is -0.756 e. The van der Waals surface area contributed by atoms with E-state index in [0.717, 1.165) is 4.57 Å². The van der Waals surface area contributed by atoms with Crippen LogP contribution in [-0.4, -0.2) is 43.3 Å². The van der Waals surface area contributed by atoms with Gasteiger partial charge in [0.15, 0.2) is 0 Å². The van der Waals surface area contributed by atoms with E-state index in [0.29, 0.717) is 0 Å². The first-order valence-corrected chi connectivity index (χ1v) is 11.6. The molecule has 0 bridgehead atoms. The fourth-order valence-corrected chi connectivity index (χ4v) is 5.07. The van der Waals surface area contributed by atoms with Gasteiger partial charge in [-0.25, -0.2) is 18.0 Å². The van der Waals surface area contributed by atoms with Crippen molar-refractivity contribution in [3.63, 3.8) is 0 Å². The molecule has 1 fully saturated rings. The molecule has 2 rings (SSSR count). The van der Waals surface area contributed by atoms with Crippen LogP contribution >= 0.6 is 23.5 Å². The fraction of sp³-hybridized carbons (Fsp3) is 0.556. The Morgan fingerprint density at radius 2 is 1.87 bits per heavy atom. The molecule has 1 aliphatic rings. The topological polar surface area (TPSA) is 256 Å². The maximum Gasteiger partial charge on any atom is 1.00 e. The Morgan fingerprint density at radius 1 is 1.27 bits per heavy atom. The van der Waals surface area contributed by atoms with Crippen LogP contribution in [0.25, 0.3) is 0 Å². The van der Waals surface area contributed by atoms with E-state index >= 15 is 0 Å². The normalized spacial score (nSPS) is 27.0. The summed E-state index contributed by atoms with van der Waals surface area (Å²) in [5, 5.41) is 9.92. The minimum atomic E-state index is -5.97. The zero-order valence-electron chi connectivity index (χ0n) is 15.5. The molecule has 0 saturated carbocycles. The molecule has 160 valence electrons. The van der Waals surface area contributed by atoms with E-state index in [-0.39, 0.29) is 50.0 Å². The Kier molecular flexibility index (Phi) is 11.4. The molecule has 2 heterocycles. The van der Waals surface area contributed by atoms with Gasteiger partial charge >= 0.3 is 51.2 Å². The van der Waals surface area contributed by atoms with Crippen molar-refractivity contribution in [1.82, 2.24) is 9.55 Å². The molecule has 1 aromatic heterocycles. The Morgan fingerprint density at radius 3 is 2.40 bits per heavy atom. The molecular formula is C9H14Li2N3O13P3. The van der Waals surface area contributed by atoms with E-state index in [1.54, 1.807) is 0 Å². The minimum absolute atomic E-state index is 0. The van der Waals surface area contributed by atoms with E-state index in [1.807, 2.05) is 0 Å². The van der Waals surface area contributed by atoms with Gasteiger partial charge in [-0.3, -0.25) is 18.2 Å². The average Bonchev–Trinajstić information content (AvgIpc) is 2.82. The number of ether oxygens (including phenoxy) is 1. The molecule has 30 heavy (non-hydrogen) atoms. The number of phosphoric acid groups is 3. The quantitative estimate of drug-likeness (QED) is 0.114. The molecule has 4 unspecified atom stereocenters. The van der Waals surface area contributed by atoms with E-state index in [9.17, 15) is 38.3 Å². The SMILES string of the molecule is [15NH2][13c]1[13cH][13cH][15n]([13C@H]2[13CH2][13CH](O)[13C@@H]([13CH2]OP(=O)(O)OP(=O)([O-])OP(=O)([O-])O)O2)[13c](=O)[15n]1.[Li+].[Li+]. The van der Waals surface area contributed by atoms with Crippen LogP contribution in [0.2, 0.25) is 0 Å². The number of rotatable bonds is 8. The first kappa shape index (κ1) is 30.2. The summed E-state index contributed by atoms with van der Waals surface area (Å²) in [7, 11) is -17.2. The summed E-state index contributed by atoms with van der Waals surface area (Å²) in [6.07, 6.45) is -2.54. The largest absolute Gasteiger partial charge is 1.00 e. The van der Waals surface area contributed by atoms with E-state index in [1.165, 1.54) is 12.3 Å². The van der Waals surface area contributed by atoms with Crippen LogP contribution in [0.5, 0.6) is 0 Å². The number of nitrogens with two attached hydrogens (primary N) is 1. The molecule has 0 aromatic carbocycles. The first-order valence-electron chi connectivity index (χ1n) is 7.10. The van der Waals surface area contributed by atoms with Crippen molar-refractivity contribution in [2.75, 3.05) is 12.3 Å².